The first-order valence-electron chi connectivity index (χ1n) is 7.38. The summed E-state index contributed by atoms with van der Waals surface area (Å²) in [5.41, 5.74) is 1.63. The third-order valence-electron chi connectivity index (χ3n) is 3.63. The van der Waals surface area contributed by atoms with Crippen molar-refractivity contribution >= 4 is 11.7 Å². The van der Waals surface area contributed by atoms with Crippen LogP contribution >= 0.6 is 0 Å². The Kier molecular flexibility index (Phi) is 4.23. The number of aromatic nitrogens is 1. The van der Waals surface area contributed by atoms with E-state index in [9.17, 15) is 4.79 Å². The van der Waals surface area contributed by atoms with Gasteiger partial charge in [0.05, 0.1) is 19.3 Å². The van der Waals surface area contributed by atoms with E-state index < -0.39 is 0 Å². The number of rotatable bonds is 5. The van der Waals surface area contributed by atoms with E-state index in [1.54, 1.807) is 13.3 Å². The van der Waals surface area contributed by atoms with Crippen LogP contribution in [0.2, 0.25) is 0 Å². The van der Waals surface area contributed by atoms with Crippen molar-refractivity contribution in [3.8, 4) is 5.75 Å². The maximum absolute atomic E-state index is 12.5. The monoisotopic (exact) mass is 297 g/mol. The van der Waals surface area contributed by atoms with Crippen LogP contribution in [0.25, 0.3) is 0 Å². The lowest BCUT2D eigenvalue weighted by molar-refractivity contribution is 0.205. The van der Waals surface area contributed by atoms with Gasteiger partial charge < -0.3 is 15.0 Å². The van der Waals surface area contributed by atoms with Crippen LogP contribution in [0, 0.1) is 0 Å². The van der Waals surface area contributed by atoms with Gasteiger partial charge in [0, 0.05) is 24.0 Å². The largest absolute Gasteiger partial charge is 0.497 e. The van der Waals surface area contributed by atoms with Crippen LogP contribution in [0.1, 0.15) is 18.5 Å². The summed E-state index contributed by atoms with van der Waals surface area (Å²) in [5, 5.41) is 2.94. The number of carbonyl (C=O) groups excluding carboxylic acids is 1. The van der Waals surface area contributed by atoms with Gasteiger partial charge in [0.25, 0.3) is 0 Å². The number of pyridine rings is 1. The molecule has 0 spiro atoms. The Hall–Kier alpha value is -2.56. The number of carbonyl (C=O) groups is 1. The Morgan fingerprint density at radius 1 is 1.32 bits per heavy atom. The summed E-state index contributed by atoms with van der Waals surface area (Å²) in [7, 11) is 1.61. The molecule has 0 unspecified atom stereocenters. The highest BCUT2D eigenvalue weighted by molar-refractivity contribution is 5.89. The Morgan fingerprint density at radius 3 is 2.86 bits per heavy atom. The number of hydrogen-bond acceptors (Lipinski definition) is 3. The lowest BCUT2D eigenvalue weighted by Gasteiger charge is -2.22. The first-order chi connectivity index (χ1) is 10.8. The molecule has 5 nitrogen and oxygen atoms in total. The lowest BCUT2D eigenvalue weighted by Crippen LogP contribution is -2.36. The number of methoxy groups -OCH3 is 1. The van der Waals surface area contributed by atoms with E-state index in [1.165, 1.54) is 0 Å². The summed E-state index contributed by atoms with van der Waals surface area (Å²) in [6.07, 6.45) is 3.86. The number of urea groups is 1. The number of amides is 2. The van der Waals surface area contributed by atoms with Crippen LogP contribution in [-0.2, 0) is 6.54 Å². The molecule has 0 radical (unpaired) electrons. The van der Waals surface area contributed by atoms with Gasteiger partial charge in [-0.2, -0.15) is 0 Å². The average molecular weight is 297 g/mol. The van der Waals surface area contributed by atoms with Gasteiger partial charge in [-0.15, -0.1) is 0 Å². The van der Waals surface area contributed by atoms with Crippen LogP contribution in [0.3, 0.4) is 0 Å². The molecule has 5 heteroatoms. The highest BCUT2D eigenvalue weighted by Crippen LogP contribution is 2.29. The van der Waals surface area contributed by atoms with Gasteiger partial charge in [-0.3, -0.25) is 4.98 Å². The van der Waals surface area contributed by atoms with Crippen LogP contribution in [-0.4, -0.2) is 29.1 Å². The van der Waals surface area contributed by atoms with Crippen molar-refractivity contribution in [3.05, 3.63) is 54.4 Å². The summed E-state index contributed by atoms with van der Waals surface area (Å²) in [4.78, 5) is 18.7. The third kappa shape index (κ3) is 3.55. The van der Waals surface area contributed by atoms with Crippen molar-refractivity contribution < 1.29 is 9.53 Å². The standard InChI is InChI=1S/C17H19N3O2/c1-22-16-7-4-6-13(11-16)19-17(21)20(15-8-9-15)12-14-5-2-3-10-18-14/h2-7,10-11,15H,8-9,12H2,1H3,(H,19,21). The van der Waals surface area contributed by atoms with Crippen molar-refractivity contribution in [3.63, 3.8) is 0 Å². The highest BCUT2D eigenvalue weighted by atomic mass is 16.5. The molecule has 2 aromatic rings. The van der Waals surface area contributed by atoms with E-state index in [0.717, 1.165) is 30.0 Å². The fourth-order valence-corrected chi connectivity index (χ4v) is 2.32. The highest BCUT2D eigenvalue weighted by Gasteiger charge is 2.32. The van der Waals surface area contributed by atoms with Gasteiger partial charge in [0.15, 0.2) is 0 Å². The Bertz CT molecular complexity index is 641. The molecule has 1 saturated carbocycles. The van der Waals surface area contributed by atoms with Gasteiger partial charge >= 0.3 is 6.03 Å². The second kappa shape index (κ2) is 6.47. The van der Waals surface area contributed by atoms with Gasteiger partial charge in [0.2, 0.25) is 0 Å². The number of ether oxygens (including phenoxy) is 1. The number of nitrogens with zero attached hydrogens (tertiary/aromatic N) is 2. The molecule has 1 aromatic heterocycles. The summed E-state index contributed by atoms with van der Waals surface area (Å²) in [6, 6.07) is 13.3. The van der Waals surface area contributed by atoms with Crippen LogP contribution < -0.4 is 10.1 Å². The summed E-state index contributed by atoms with van der Waals surface area (Å²) in [5.74, 6) is 0.723. The molecule has 22 heavy (non-hydrogen) atoms. The maximum atomic E-state index is 12.5. The van der Waals surface area contributed by atoms with Gasteiger partial charge in [-0.25, -0.2) is 4.79 Å². The van der Waals surface area contributed by atoms with Crippen LogP contribution in [0.4, 0.5) is 10.5 Å². The van der Waals surface area contributed by atoms with Crippen molar-refractivity contribution in [1.82, 2.24) is 9.88 Å². The number of anilines is 1. The zero-order chi connectivity index (χ0) is 15.4. The molecule has 2 amide bonds. The molecular formula is C17H19N3O2. The van der Waals surface area contributed by atoms with Crippen molar-refractivity contribution in [1.29, 1.82) is 0 Å². The normalized spacial score (nSPS) is 13.5. The van der Waals surface area contributed by atoms with Crippen LogP contribution in [0.15, 0.2) is 48.7 Å². The first kappa shape index (κ1) is 14.4. The molecule has 0 saturated heterocycles. The Labute approximate surface area is 129 Å². The lowest BCUT2D eigenvalue weighted by atomic mass is 10.3. The van der Waals surface area contributed by atoms with E-state index in [2.05, 4.69) is 10.3 Å². The molecule has 1 aliphatic carbocycles. The van der Waals surface area contributed by atoms with Crippen LogP contribution in [0.5, 0.6) is 5.75 Å². The molecule has 1 aromatic carbocycles. The average Bonchev–Trinajstić information content (AvgIpc) is 3.38. The maximum Gasteiger partial charge on any atom is 0.322 e. The zero-order valence-electron chi connectivity index (χ0n) is 12.5. The molecule has 0 atom stereocenters. The molecule has 114 valence electrons. The summed E-state index contributed by atoms with van der Waals surface area (Å²) < 4.78 is 5.18. The Balaban J connectivity index is 1.70. The molecule has 0 aliphatic heterocycles. The zero-order valence-corrected chi connectivity index (χ0v) is 12.5. The SMILES string of the molecule is COc1cccc(NC(=O)N(Cc2ccccn2)C2CC2)c1. The smallest absolute Gasteiger partial charge is 0.322 e. The fraction of sp³-hybridized carbons (Fsp3) is 0.294. The molecule has 3 rings (SSSR count). The van der Waals surface area contributed by atoms with E-state index in [1.807, 2.05) is 47.4 Å². The molecular weight excluding hydrogens is 278 g/mol. The van der Waals surface area contributed by atoms with Crippen molar-refractivity contribution in [2.24, 2.45) is 0 Å². The second-order valence-electron chi connectivity index (χ2n) is 5.34. The fourth-order valence-electron chi connectivity index (χ4n) is 2.32. The minimum atomic E-state index is -0.0959. The topological polar surface area (TPSA) is 54.5 Å². The molecule has 1 aliphatic rings. The minimum absolute atomic E-state index is 0.0959. The summed E-state index contributed by atoms with van der Waals surface area (Å²) in [6.45, 7) is 0.529. The van der Waals surface area contributed by atoms with E-state index in [0.29, 0.717) is 12.6 Å². The van der Waals surface area contributed by atoms with E-state index >= 15 is 0 Å². The predicted molar refractivity (Wildman–Crippen MR) is 84.8 cm³/mol. The predicted octanol–water partition coefficient (Wildman–Crippen LogP) is 3.29. The number of hydrogen-bond donors (Lipinski definition) is 1. The van der Waals surface area contributed by atoms with E-state index in [-0.39, 0.29) is 6.03 Å². The number of nitrogens with one attached hydrogen (secondary N) is 1. The molecule has 0 bridgehead atoms. The molecule has 1 heterocycles. The first-order valence-corrected chi connectivity index (χ1v) is 7.38. The van der Waals surface area contributed by atoms with Gasteiger partial charge in [-0.05, 0) is 37.1 Å². The quantitative estimate of drug-likeness (QED) is 0.921. The van der Waals surface area contributed by atoms with Gasteiger partial charge in [0.1, 0.15) is 5.75 Å². The molecule has 1 fully saturated rings. The minimum Gasteiger partial charge on any atom is -0.497 e. The Morgan fingerprint density at radius 2 is 2.18 bits per heavy atom. The molecule has 1 N–H and O–H groups in total. The van der Waals surface area contributed by atoms with Crippen molar-refractivity contribution in [2.75, 3.05) is 12.4 Å². The third-order valence-corrected chi connectivity index (χ3v) is 3.63. The van der Waals surface area contributed by atoms with Gasteiger partial charge in [-0.1, -0.05) is 12.1 Å². The van der Waals surface area contributed by atoms with Crippen molar-refractivity contribution in [2.45, 2.75) is 25.4 Å². The van der Waals surface area contributed by atoms with E-state index in [4.69, 9.17) is 4.74 Å². The summed E-state index contributed by atoms with van der Waals surface area (Å²) >= 11 is 0. The second-order valence-corrected chi connectivity index (χ2v) is 5.34. The number of benzene rings is 1.